The van der Waals surface area contributed by atoms with Gasteiger partial charge in [0.15, 0.2) is 0 Å². The molecule has 1 heteroatoms. The first-order chi connectivity index (χ1) is 27.8. The minimum absolute atomic E-state index is 0.432. The summed E-state index contributed by atoms with van der Waals surface area (Å²) < 4.78 is 0. The first kappa shape index (κ1) is 32.2. The number of rotatable bonds is 6. The molecule has 1 nitrogen and oxygen atoms in total. The Morgan fingerprint density at radius 1 is 0.232 bits per heavy atom. The lowest BCUT2D eigenvalue weighted by molar-refractivity contribution is 0.793. The van der Waals surface area contributed by atoms with Gasteiger partial charge in [-0.05, 0) is 114 Å². The maximum absolute atomic E-state index is 2.48. The van der Waals surface area contributed by atoms with E-state index in [1.807, 2.05) is 0 Å². The zero-order chi connectivity index (χ0) is 37.1. The van der Waals surface area contributed by atoms with Crippen molar-refractivity contribution >= 4 is 17.1 Å². The van der Waals surface area contributed by atoms with Crippen LogP contribution in [0.5, 0.6) is 0 Å². The van der Waals surface area contributed by atoms with Crippen molar-refractivity contribution in [3.8, 4) is 55.6 Å². The number of fused-ring (bicyclic) bond motifs is 10. The third kappa shape index (κ3) is 4.88. The predicted octanol–water partition coefficient (Wildman–Crippen LogP) is 14.5. The van der Waals surface area contributed by atoms with Crippen molar-refractivity contribution < 1.29 is 0 Å². The van der Waals surface area contributed by atoms with Crippen molar-refractivity contribution in [1.29, 1.82) is 0 Å². The van der Waals surface area contributed by atoms with Gasteiger partial charge in [-0.25, -0.2) is 0 Å². The van der Waals surface area contributed by atoms with Crippen LogP contribution in [0, 0.1) is 0 Å². The van der Waals surface area contributed by atoms with Crippen LogP contribution in [0.2, 0.25) is 0 Å². The summed E-state index contributed by atoms with van der Waals surface area (Å²) in [4.78, 5) is 2.46. The second kappa shape index (κ2) is 13.0. The molecule has 2 aliphatic rings. The summed E-state index contributed by atoms with van der Waals surface area (Å²) in [5.41, 5.74) is 20.7. The molecule has 262 valence electrons. The molecule has 1 spiro atoms. The number of benzene rings is 9. The normalized spacial score (nSPS) is 12.8. The lowest BCUT2D eigenvalue weighted by Crippen LogP contribution is -2.26. The van der Waals surface area contributed by atoms with Gasteiger partial charge in [0, 0.05) is 17.1 Å². The van der Waals surface area contributed by atoms with Crippen molar-refractivity contribution in [2.75, 3.05) is 4.90 Å². The predicted molar refractivity (Wildman–Crippen MR) is 234 cm³/mol. The fourth-order valence-electron chi connectivity index (χ4n) is 9.52. The molecule has 0 amide bonds. The Bertz CT molecular complexity index is 2850. The average Bonchev–Trinajstić information content (AvgIpc) is 3.75. The molecule has 0 N–H and O–H groups in total. The van der Waals surface area contributed by atoms with Gasteiger partial charge in [-0.15, -0.1) is 0 Å². The fourth-order valence-corrected chi connectivity index (χ4v) is 9.52. The Kier molecular flexibility index (Phi) is 7.47. The molecule has 0 unspecified atom stereocenters. The Morgan fingerprint density at radius 3 is 1.21 bits per heavy atom. The van der Waals surface area contributed by atoms with Crippen LogP contribution in [-0.2, 0) is 5.41 Å². The van der Waals surface area contributed by atoms with Gasteiger partial charge in [0.1, 0.15) is 0 Å². The Balaban J connectivity index is 1.18. The highest BCUT2D eigenvalue weighted by Gasteiger charge is 2.51. The molecule has 0 saturated heterocycles. The minimum Gasteiger partial charge on any atom is -0.310 e. The van der Waals surface area contributed by atoms with Gasteiger partial charge in [-0.2, -0.15) is 0 Å². The summed E-state index contributed by atoms with van der Waals surface area (Å²) in [6, 6.07) is 82.5. The number of anilines is 3. The fraction of sp³-hybridized carbons (Fsp3) is 0.0182. The van der Waals surface area contributed by atoms with Crippen molar-refractivity contribution in [3.63, 3.8) is 0 Å². The lowest BCUT2D eigenvalue weighted by Gasteiger charge is -2.32. The van der Waals surface area contributed by atoms with E-state index in [1.165, 1.54) is 77.9 Å². The van der Waals surface area contributed by atoms with E-state index in [9.17, 15) is 0 Å². The number of nitrogens with zero attached hydrogens (tertiary/aromatic N) is 1. The zero-order valence-electron chi connectivity index (χ0n) is 30.8. The van der Waals surface area contributed by atoms with Gasteiger partial charge in [0.25, 0.3) is 0 Å². The molecule has 9 aromatic carbocycles. The molecule has 56 heavy (non-hydrogen) atoms. The van der Waals surface area contributed by atoms with Gasteiger partial charge in [-0.3, -0.25) is 0 Å². The summed E-state index contributed by atoms with van der Waals surface area (Å²) in [5, 5.41) is 0. The van der Waals surface area contributed by atoms with Gasteiger partial charge in [0.2, 0.25) is 0 Å². The maximum Gasteiger partial charge on any atom is 0.0726 e. The molecule has 0 heterocycles. The smallest absolute Gasteiger partial charge is 0.0726 e. The van der Waals surface area contributed by atoms with Gasteiger partial charge >= 0.3 is 0 Å². The lowest BCUT2D eigenvalue weighted by atomic mass is 9.70. The number of hydrogen-bond acceptors (Lipinski definition) is 1. The SMILES string of the molecule is c1ccc(-c2cccc(N(c3ccc(-c4ccccc4)c(-c4ccccc4)c3)c3ccc4c(c3)C3(c5ccccc5-c5ccccc53)c3ccccc3-4)c2)cc1. The largest absolute Gasteiger partial charge is 0.310 e. The Morgan fingerprint density at radius 2 is 0.643 bits per heavy atom. The highest BCUT2D eigenvalue weighted by Crippen LogP contribution is 2.63. The van der Waals surface area contributed by atoms with Crippen molar-refractivity contribution in [3.05, 3.63) is 247 Å². The standard InChI is InChI=1S/C55H37N/c1-4-17-38(18-5-1)41-23-16-24-42(35-41)56(43-31-33-45(39-19-6-2-7-20-39)50(36-43)40-21-8-3-9-22-40)44-32-34-49-48-27-12-15-30-53(48)55(54(49)37-44)51-28-13-10-25-46(51)47-26-11-14-29-52(47)55/h1-37H. The van der Waals surface area contributed by atoms with E-state index < -0.39 is 5.41 Å². The third-order valence-corrected chi connectivity index (χ3v) is 11.9. The van der Waals surface area contributed by atoms with Crippen LogP contribution < -0.4 is 4.90 Å². The molecular formula is C55H37N. The third-order valence-electron chi connectivity index (χ3n) is 11.9. The second-order valence-electron chi connectivity index (χ2n) is 14.8. The van der Waals surface area contributed by atoms with E-state index in [0.717, 1.165) is 17.1 Å². The van der Waals surface area contributed by atoms with E-state index >= 15 is 0 Å². The summed E-state index contributed by atoms with van der Waals surface area (Å²) in [7, 11) is 0. The molecule has 9 aromatic rings. The highest BCUT2D eigenvalue weighted by molar-refractivity contribution is 5.97. The molecule has 0 aliphatic heterocycles. The first-order valence-electron chi connectivity index (χ1n) is 19.4. The molecule has 11 rings (SSSR count). The van der Waals surface area contributed by atoms with E-state index in [0.29, 0.717) is 0 Å². The Labute approximate surface area is 328 Å². The maximum atomic E-state index is 2.48. The van der Waals surface area contributed by atoms with Crippen LogP contribution in [0.1, 0.15) is 22.3 Å². The quantitative estimate of drug-likeness (QED) is 0.166. The summed E-state index contributed by atoms with van der Waals surface area (Å²) >= 11 is 0. The van der Waals surface area contributed by atoms with Crippen LogP contribution >= 0.6 is 0 Å². The highest BCUT2D eigenvalue weighted by atomic mass is 15.1. The molecule has 0 saturated carbocycles. The van der Waals surface area contributed by atoms with Crippen molar-refractivity contribution in [2.24, 2.45) is 0 Å². The second-order valence-corrected chi connectivity index (χ2v) is 14.8. The van der Waals surface area contributed by atoms with Gasteiger partial charge in [-0.1, -0.05) is 188 Å². The molecule has 0 fully saturated rings. The zero-order valence-corrected chi connectivity index (χ0v) is 30.8. The minimum atomic E-state index is -0.432. The summed E-state index contributed by atoms with van der Waals surface area (Å²) in [5.74, 6) is 0. The summed E-state index contributed by atoms with van der Waals surface area (Å²) in [6.07, 6.45) is 0. The van der Waals surface area contributed by atoms with E-state index in [4.69, 9.17) is 0 Å². The monoisotopic (exact) mass is 711 g/mol. The average molecular weight is 712 g/mol. The van der Waals surface area contributed by atoms with E-state index in [2.05, 4.69) is 229 Å². The van der Waals surface area contributed by atoms with Crippen LogP contribution in [0.25, 0.3) is 55.6 Å². The topological polar surface area (TPSA) is 3.24 Å². The van der Waals surface area contributed by atoms with Crippen LogP contribution in [-0.4, -0.2) is 0 Å². The summed E-state index contributed by atoms with van der Waals surface area (Å²) in [6.45, 7) is 0. The molecule has 0 atom stereocenters. The van der Waals surface area contributed by atoms with Crippen LogP contribution in [0.4, 0.5) is 17.1 Å². The van der Waals surface area contributed by atoms with E-state index in [-0.39, 0.29) is 0 Å². The molecule has 2 aliphatic carbocycles. The molecule has 0 bridgehead atoms. The van der Waals surface area contributed by atoms with Crippen LogP contribution in [0.15, 0.2) is 224 Å². The molecule has 0 radical (unpaired) electrons. The van der Waals surface area contributed by atoms with Gasteiger partial charge in [0.05, 0.1) is 5.41 Å². The van der Waals surface area contributed by atoms with Crippen molar-refractivity contribution in [1.82, 2.24) is 0 Å². The van der Waals surface area contributed by atoms with Crippen LogP contribution in [0.3, 0.4) is 0 Å². The van der Waals surface area contributed by atoms with Crippen molar-refractivity contribution in [2.45, 2.75) is 5.41 Å². The Hall–Kier alpha value is -7.22. The molecular weight excluding hydrogens is 675 g/mol. The van der Waals surface area contributed by atoms with Gasteiger partial charge < -0.3 is 4.90 Å². The van der Waals surface area contributed by atoms with E-state index in [1.54, 1.807) is 0 Å². The first-order valence-corrected chi connectivity index (χ1v) is 19.4. The molecule has 0 aromatic heterocycles. The number of hydrogen-bond donors (Lipinski definition) is 0.